The van der Waals surface area contributed by atoms with Crippen molar-refractivity contribution in [3.63, 3.8) is 0 Å². The fourth-order valence-electron chi connectivity index (χ4n) is 1.85. The summed E-state index contributed by atoms with van der Waals surface area (Å²) in [5.41, 5.74) is 0.808. The molecule has 4 nitrogen and oxygen atoms in total. The van der Waals surface area contributed by atoms with Crippen LogP contribution in [0.2, 0.25) is 0 Å². The lowest BCUT2D eigenvalue weighted by Gasteiger charge is -2.20. The fourth-order valence-corrected chi connectivity index (χ4v) is 3.38. The summed E-state index contributed by atoms with van der Waals surface area (Å²) in [6.45, 7) is 1.84. The Balaban J connectivity index is 2.87. The van der Waals surface area contributed by atoms with Crippen LogP contribution in [0.5, 0.6) is 0 Å². The van der Waals surface area contributed by atoms with E-state index in [-0.39, 0.29) is 17.6 Å². The van der Waals surface area contributed by atoms with E-state index < -0.39 is 15.9 Å². The molecule has 0 fully saturated rings. The summed E-state index contributed by atoms with van der Waals surface area (Å²) in [4.78, 5) is 12.1. The molecule has 0 aliphatic rings. The van der Waals surface area contributed by atoms with Crippen LogP contribution < -0.4 is 5.32 Å². The van der Waals surface area contributed by atoms with Gasteiger partial charge in [-0.1, -0.05) is 37.3 Å². The first kappa shape index (κ1) is 17.0. The maximum absolute atomic E-state index is 12.1. The van der Waals surface area contributed by atoms with Crippen molar-refractivity contribution in [2.45, 2.75) is 13.0 Å². The van der Waals surface area contributed by atoms with Crippen LogP contribution in [0.4, 0.5) is 0 Å². The first-order valence-corrected chi connectivity index (χ1v) is 9.81. The van der Waals surface area contributed by atoms with Gasteiger partial charge in [-0.2, -0.15) is 11.8 Å². The first-order chi connectivity index (χ1) is 9.33. The molecule has 0 aliphatic heterocycles. The molecule has 112 valence electrons. The van der Waals surface area contributed by atoms with Gasteiger partial charge in [-0.15, -0.1) is 0 Å². The molecule has 0 radical (unpaired) electrons. The number of hydrogen-bond acceptors (Lipinski definition) is 4. The summed E-state index contributed by atoms with van der Waals surface area (Å²) in [6.07, 6.45) is 3.12. The Morgan fingerprint density at radius 2 is 1.90 bits per heavy atom. The topological polar surface area (TPSA) is 63.2 Å². The van der Waals surface area contributed by atoms with Crippen molar-refractivity contribution in [3.8, 4) is 0 Å². The Morgan fingerprint density at radius 3 is 2.40 bits per heavy atom. The van der Waals surface area contributed by atoms with E-state index in [4.69, 9.17) is 0 Å². The summed E-state index contributed by atoms with van der Waals surface area (Å²) >= 11 is 1.60. The van der Waals surface area contributed by atoms with E-state index in [1.807, 2.05) is 43.5 Å². The smallest absolute Gasteiger partial charge is 0.224 e. The van der Waals surface area contributed by atoms with E-state index in [1.165, 1.54) is 6.26 Å². The Labute approximate surface area is 125 Å². The molecule has 1 N–H and O–H groups in total. The minimum Gasteiger partial charge on any atom is -0.348 e. The Kier molecular flexibility index (Phi) is 6.55. The molecular formula is C14H21NO3S2. The molecule has 2 atom stereocenters. The maximum atomic E-state index is 12.1. The van der Waals surface area contributed by atoms with Gasteiger partial charge in [-0.25, -0.2) is 8.42 Å². The van der Waals surface area contributed by atoms with E-state index >= 15 is 0 Å². The third-order valence-corrected chi connectivity index (χ3v) is 4.62. The molecule has 0 aromatic heterocycles. The lowest BCUT2D eigenvalue weighted by atomic mass is 10.1. The number of benzene rings is 1. The number of carbonyl (C=O) groups is 1. The molecule has 0 heterocycles. The number of rotatable bonds is 7. The van der Waals surface area contributed by atoms with E-state index in [2.05, 4.69) is 5.32 Å². The van der Waals surface area contributed by atoms with E-state index in [0.717, 1.165) is 5.56 Å². The number of nitrogens with one attached hydrogen (secondary N) is 1. The molecule has 0 spiro atoms. The van der Waals surface area contributed by atoms with Crippen LogP contribution in [0.25, 0.3) is 0 Å². The number of amides is 1. The number of sulfone groups is 1. The van der Waals surface area contributed by atoms with Crippen molar-refractivity contribution >= 4 is 27.5 Å². The molecule has 2 unspecified atom stereocenters. The average Bonchev–Trinajstić information content (AvgIpc) is 2.37. The molecule has 1 aromatic carbocycles. The standard InChI is InChI=1S/C14H21NO3S2/c1-11(9-19-2)14(16)15-13(10-20(3,17)18)12-7-5-4-6-8-12/h4-8,11,13H,9-10H2,1-3H3,(H,15,16). The number of carbonyl (C=O) groups excluding carboxylic acids is 1. The van der Waals surface area contributed by atoms with Gasteiger partial charge in [0.25, 0.3) is 0 Å². The van der Waals surface area contributed by atoms with Crippen LogP contribution in [0.15, 0.2) is 30.3 Å². The minimum absolute atomic E-state index is 0.0886. The second kappa shape index (κ2) is 7.69. The molecule has 1 rings (SSSR count). The average molecular weight is 315 g/mol. The minimum atomic E-state index is -3.18. The van der Waals surface area contributed by atoms with Gasteiger partial charge < -0.3 is 5.32 Å². The second-order valence-electron chi connectivity index (χ2n) is 4.92. The largest absolute Gasteiger partial charge is 0.348 e. The summed E-state index contributed by atoms with van der Waals surface area (Å²) in [5, 5.41) is 2.84. The van der Waals surface area contributed by atoms with Crippen LogP contribution in [0.1, 0.15) is 18.5 Å². The predicted molar refractivity (Wildman–Crippen MR) is 84.6 cm³/mol. The van der Waals surface area contributed by atoms with Crippen molar-refractivity contribution in [3.05, 3.63) is 35.9 Å². The van der Waals surface area contributed by atoms with Gasteiger partial charge in [-0.05, 0) is 11.8 Å². The maximum Gasteiger partial charge on any atom is 0.224 e. The van der Waals surface area contributed by atoms with Gasteiger partial charge in [0, 0.05) is 17.9 Å². The van der Waals surface area contributed by atoms with Gasteiger partial charge in [-0.3, -0.25) is 4.79 Å². The van der Waals surface area contributed by atoms with Gasteiger partial charge in [0.2, 0.25) is 5.91 Å². The Morgan fingerprint density at radius 1 is 1.30 bits per heavy atom. The van der Waals surface area contributed by atoms with E-state index in [9.17, 15) is 13.2 Å². The third-order valence-electron chi connectivity index (χ3n) is 2.85. The van der Waals surface area contributed by atoms with Gasteiger partial charge in [0.05, 0.1) is 11.8 Å². The summed E-state index contributed by atoms with van der Waals surface area (Å²) < 4.78 is 23.1. The zero-order chi connectivity index (χ0) is 15.2. The molecule has 0 saturated carbocycles. The molecule has 1 amide bonds. The van der Waals surface area contributed by atoms with Crippen LogP contribution in [0.3, 0.4) is 0 Å². The van der Waals surface area contributed by atoms with Crippen molar-refractivity contribution in [1.82, 2.24) is 5.32 Å². The highest BCUT2D eigenvalue weighted by molar-refractivity contribution is 7.98. The second-order valence-corrected chi connectivity index (χ2v) is 8.02. The van der Waals surface area contributed by atoms with E-state index in [1.54, 1.807) is 11.8 Å². The lowest BCUT2D eigenvalue weighted by molar-refractivity contribution is -0.124. The quantitative estimate of drug-likeness (QED) is 0.834. The normalized spacial score (nSPS) is 14.6. The predicted octanol–water partition coefficient (Wildman–Crippen LogP) is 1.89. The first-order valence-electron chi connectivity index (χ1n) is 6.35. The van der Waals surface area contributed by atoms with Crippen molar-refractivity contribution < 1.29 is 13.2 Å². The highest BCUT2D eigenvalue weighted by atomic mass is 32.2. The van der Waals surface area contributed by atoms with Crippen molar-refractivity contribution in [1.29, 1.82) is 0 Å². The lowest BCUT2D eigenvalue weighted by Crippen LogP contribution is -2.37. The molecule has 6 heteroatoms. The van der Waals surface area contributed by atoms with Crippen LogP contribution in [-0.4, -0.2) is 38.3 Å². The molecule has 20 heavy (non-hydrogen) atoms. The van der Waals surface area contributed by atoms with Crippen molar-refractivity contribution in [2.75, 3.05) is 24.0 Å². The molecule has 0 aliphatic carbocycles. The number of thioether (sulfide) groups is 1. The Hall–Kier alpha value is -1.01. The molecule has 0 bridgehead atoms. The summed E-state index contributed by atoms with van der Waals surface area (Å²) in [5.74, 6) is 0.369. The monoisotopic (exact) mass is 315 g/mol. The fraction of sp³-hybridized carbons (Fsp3) is 0.500. The highest BCUT2D eigenvalue weighted by Crippen LogP contribution is 2.16. The third kappa shape index (κ3) is 5.96. The van der Waals surface area contributed by atoms with Crippen molar-refractivity contribution in [2.24, 2.45) is 5.92 Å². The van der Waals surface area contributed by atoms with Gasteiger partial charge in [0.15, 0.2) is 0 Å². The van der Waals surface area contributed by atoms with Crippen LogP contribution >= 0.6 is 11.8 Å². The molecule has 0 saturated heterocycles. The van der Waals surface area contributed by atoms with Crippen LogP contribution in [0, 0.1) is 5.92 Å². The van der Waals surface area contributed by atoms with Crippen LogP contribution in [-0.2, 0) is 14.6 Å². The Bertz CT molecular complexity index is 529. The SMILES string of the molecule is CSCC(C)C(=O)NC(CS(C)(=O)=O)c1ccccc1. The molecule has 1 aromatic rings. The summed E-state index contributed by atoms with van der Waals surface area (Å²) in [7, 11) is -3.18. The van der Waals surface area contributed by atoms with Gasteiger partial charge >= 0.3 is 0 Å². The van der Waals surface area contributed by atoms with E-state index in [0.29, 0.717) is 5.75 Å². The number of hydrogen-bond donors (Lipinski definition) is 1. The zero-order valence-corrected chi connectivity index (χ0v) is 13.6. The van der Waals surface area contributed by atoms with Gasteiger partial charge in [0.1, 0.15) is 9.84 Å². The zero-order valence-electron chi connectivity index (χ0n) is 12.0. The molecular weight excluding hydrogens is 294 g/mol. The summed E-state index contributed by atoms with van der Waals surface area (Å²) in [6, 6.07) is 8.69. The highest BCUT2D eigenvalue weighted by Gasteiger charge is 2.22.